The molecule has 2 aromatic carbocycles. The molecule has 0 atom stereocenters. The van der Waals surface area contributed by atoms with E-state index in [0.29, 0.717) is 23.8 Å². The molecule has 5 aromatic rings. The van der Waals surface area contributed by atoms with Crippen molar-refractivity contribution in [2.75, 3.05) is 0 Å². The molecule has 32 heavy (non-hydrogen) atoms. The van der Waals surface area contributed by atoms with Gasteiger partial charge in [0.05, 0.1) is 0 Å². The number of para-hydroxylation sites is 1. The Labute approximate surface area is 188 Å². The minimum Gasteiger partial charge on any atom is -0.332 e. The topological polar surface area (TPSA) is 109 Å². The SMILES string of the molecule is Cl.NCc1ccc(-c2noc(-c3nnn(-c4ccccc4F)c3-c3ccncc3)n2)cc1. The van der Waals surface area contributed by atoms with E-state index in [1.807, 2.05) is 24.3 Å². The van der Waals surface area contributed by atoms with Gasteiger partial charge in [-0.3, -0.25) is 4.98 Å². The number of aromatic nitrogens is 6. The van der Waals surface area contributed by atoms with Gasteiger partial charge in [-0.2, -0.15) is 4.98 Å². The lowest BCUT2D eigenvalue weighted by molar-refractivity contribution is 0.431. The summed E-state index contributed by atoms with van der Waals surface area (Å²) in [4.78, 5) is 8.54. The summed E-state index contributed by atoms with van der Waals surface area (Å²) in [5, 5.41) is 12.5. The number of hydrogen-bond acceptors (Lipinski definition) is 7. The summed E-state index contributed by atoms with van der Waals surface area (Å²) in [6.45, 7) is 0.451. The number of rotatable bonds is 5. The van der Waals surface area contributed by atoms with Crippen LogP contribution in [0.25, 0.3) is 39.9 Å². The van der Waals surface area contributed by atoms with Gasteiger partial charge in [-0.05, 0) is 29.8 Å². The molecule has 0 aliphatic carbocycles. The normalized spacial score (nSPS) is 10.7. The maximum Gasteiger partial charge on any atom is 0.281 e. The van der Waals surface area contributed by atoms with E-state index in [1.165, 1.54) is 10.7 Å². The Bertz CT molecular complexity index is 1340. The van der Waals surface area contributed by atoms with Crippen LogP contribution < -0.4 is 5.73 Å². The van der Waals surface area contributed by atoms with E-state index in [-0.39, 0.29) is 24.0 Å². The molecule has 3 aromatic heterocycles. The maximum atomic E-state index is 14.5. The van der Waals surface area contributed by atoms with Gasteiger partial charge >= 0.3 is 0 Å². The minimum atomic E-state index is -0.430. The minimum absolute atomic E-state index is 0. The molecule has 3 heterocycles. The van der Waals surface area contributed by atoms with Crippen molar-refractivity contribution in [1.82, 2.24) is 30.1 Å². The first-order valence-electron chi connectivity index (χ1n) is 9.49. The highest BCUT2D eigenvalue weighted by Gasteiger charge is 2.24. The average Bonchev–Trinajstić information content (AvgIpc) is 3.47. The van der Waals surface area contributed by atoms with Crippen LogP contribution in [0.1, 0.15) is 5.56 Å². The van der Waals surface area contributed by atoms with Gasteiger partial charge in [0.1, 0.15) is 17.2 Å². The van der Waals surface area contributed by atoms with Crippen molar-refractivity contribution >= 4 is 12.4 Å². The lowest BCUT2D eigenvalue weighted by Crippen LogP contribution is -2.02. The van der Waals surface area contributed by atoms with Gasteiger partial charge in [0, 0.05) is 30.1 Å². The Morgan fingerprint density at radius 2 is 1.69 bits per heavy atom. The van der Waals surface area contributed by atoms with Crippen molar-refractivity contribution in [3.63, 3.8) is 0 Å². The molecule has 0 amide bonds. The molecule has 0 aliphatic heterocycles. The van der Waals surface area contributed by atoms with Crippen LogP contribution >= 0.6 is 12.4 Å². The molecule has 0 saturated heterocycles. The van der Waals surface area contributed by atoms with Crippen LogP contribution in [0.4, 0.5) is 4.39 Å². The molecule has 0 radical (unpaired) electrons. The quantitative estimate of drug-likeness (QED) is 0.430. The van der Waals surface area contributed by atoms with E-state index >= 15 is 0 Å². The summed E-state index contributed by atoms with van der Waals surface area (Å²) < 4.78 is 21.4. The zero-order chi connectivity index (χ0) is 21.2. The number of nitrogens with two attached hydrogens (primary N) is 1. The standard InChI is InChI=1S/C22H16FN7O.ClH/c23-17-3-1-2-4-18(17)30-20(15-9-11-25-12-10-15)19(27-29-30)22-26-21(28-31-22)16-7-5-14(13-24)6-8-16;/h1-12H,13,24H2;1H. The van der Waals surface area contributed by atoms with Crippen LogP contribution in [-0.2, 0) is 6.54 Å². The second kappa shape index (κ2) is 9.04. The lowest BCUT2D eigenvalue weighted by Gasteiger charge is -2.08. The van der Waals surface area contributed by atoms with Crippen molar-refractivity contribution < 1.29 is 8.91 Å². The molecule has 2 N–H and O–H groups in total. The summed E-state index contributed by atoms with van der Waals surface area (Å²) in [5.74, 6) is 0.146. The fourth-order valence-corrected chi connectivity index (χ4v) is 3.21. The summed E-state index contributed by atoms with van der Waals surface area (Å²) in [7, 11) is 0. The average molecular weight is 450 g/mol. The fraction of sp³-hybridized carbons (Fsp3) is 0.0455. The molecule has 8 nitrogen and oxygen atoms in total. The molecule has 5 rings (SSSR count). The van der Waals surface area contributed by atoms with Crippen LogP contribution in [0.2, 0.25) is 0 Å². The molecule has 0 spiro atoms. The Hall–Kier alpha value is -3.95. The molecular formula is C22H17ClFN7O. The molecule has 0 bridgehead atoms. The van der Waals surface area contributed by atoms with Gasteiger partial charge in [-0.25, -0.2) is 9.07 Å². The van der Waals surface area contributed by atoms with Gasteiger partial charge in [0.2, 0.25) is 5.82 Å². The highest BCUT2D eigenvalue weighted by atomic mass is 35.5. The molecule has 0 fully saturated rings. The summed E-state index contributed by atoms with van der Waals surface area (Å²) >= 11 is 0. The largest absolute Gasteiger partial charge is 0.332 e. The van der Waals surface area contributed by atoms with Crippen LogP contribution in [-0.4, -0.2) is 30.1 Å². The molecule has 10 heteroatoms. The van der Waals surface area contributed by atoms with Gasteiger partial charge in [-0.15, -0.1) is 17.5 Å². The highest BCUT2D eigenvalue weighted by Crippen LogP contribution is 2.32. The van der Waals surface area contributed by atoms with Gasteiger partial charge in [0.15, 0.2) is 5.69 Å². The third-order valence-corrected chi connectivity index (χ3v) is 4.78. The fourth-order valence-electron chi connectivity index (χ4n) is 3.21. The molecular weight excluding hydrogens is 433 g/mol. The number of benzene rings is 2. The van der Waals surface area contributed by atoms with Crippen molar-refractivity contribution in [3.05, 3.63) is 84.4 Å². The molecule has 0 aliphatic rings. The first-order valence-corrected chi connectivity index (χ1v) is 9.49. The summed E-state index contributed by atoms with van der Waals surface area (Å²) in [5.41, 5.74) is 9.27. The first kappa shape index (κ1) is 21.3. The van der Waals surface area contributed by atoms with E-state index in [2.05, 4.69) is 25.4 Å². The second-order valence-electron chi connectivity index (χ2n) is 6.71. The van der Waals surface area contributed by atoms with Gasteiger partial charge in [-0.1, -0.05) is 46.8 Å². The van der Waals surface area contributed by atoms with Gasteiger partial charge < -0.3 is 10.3 Å². The molecule has 0 saturated carbocycles. The van der Waals surface area contributed by atoms with Crippen molar-refractivity contribution in [2.45, 2.75) is 6.54 Å². The zero-order valence-corrected chi connectivity index (χ0v) is 17.4. The number of halogens is 2. The van der Waals surface area contributed by atoms with E-state index < -0.39 is 5.82 Å². The van der Waals surface area contributed by atoms with Crippen LogP contribution in [0.5, 0.6) is 0 Å². The van der Waals surface area contributed by atoms with Crippen LogP contribution in [0.3, 0.4) is 0 Å². The van der Waals surface area contributed by atoms with E-state index in [4.69, 9.17) is 10.3 Å². The van der Waals surface area contributed by atoms with Crippen molar-refractivity contribution in [3.8, 4) is 39.9 Å². The molecule has 160 valence electrons. The van der Waals surface area contributed by atoms with Gasteiger partial charge in [0.25, 0.3) is 5.89 Å². The molecule has 0 unspecified atom stereocenters. The Kier molecular flexibility index (Phi) is 6.02. The first-order chi connectivity index (χ1) is 15.2. The maximum absolute atomic E-state index is 14.5. The zero-order valence-electron chi connectivity index (χ0n) is 16.6. The van der Waals surface area contributed by atoms with Crippen LogP contribution in [0, 0.1) is 5.82 Å². The summed E-state index contributed by atoms with van der Waals surface area (Å²) in [6.07, 6.45) is 3.27. The predicted molar refractivity (Wildman–Crippen MR) is 118 cm³/mol. The smallest absolute Gasteiger partial charge is 0.281 e. The second-order valence-corrected chi connectivity index (χ2v) is 6.71. The Morgan fingerprint density at radius 3 is 2.41 bits per heavy atom. The van der Waals surface area contributed by atoms with Crippen LogP contribution in [0.15, 0.2) is 77.6 Å². The lowest BCUT2D eigenvalue weighted by atomic mass is 10.1. The summed E-state index contributed by atoms with van der Waals surface area (Å²) in [6, 6.07) is 17.4. The third kappa shape index (κ3) is 3.86. The number of hydrogen-bond donors (Lipinski definition) is 1. The number of nitrogens with zero attached hydrogens (tertiary/aromatic N) is 6. The van der Waals surface area contributed by atoms with E-state index in [0.717, 1.165) is 16.7 Å². The van der Waals surface area contributed by atoms with Crippen molar-refractivity contribution in [2.24, 2.45) is 5.73 Å². The Morgan fingerprint density at radius 1 is 0.938 bits per heavy atom. The van der Waals surface area contributed by atoms with Crippen molar-refractivity contribution in [1.29, 1.82) is 0 Å². The Balaban J connectivity index is 0.00000245. The third-order valence-electron chi connectivity index (χ3n) is 4.78. The number of pyridine rings is 1. The monoisotopic (exact) mass is 449 g/mol. The highest BCUT2D eigenvalue weighted by molar-refractivity contribution is 5.85. The van der Waals surface area contributed by atoms with E-state index in [1.54, 1.807) is 42.7 Å². The predicted octanol–water partition coefficient (Wildman–Crippen LogP) is 4.07. The van der Waals surface area contributed by atoms with E-state index in [9.17, 15) is 4.39 Å².